The van der Waals surface area contributed by atoms with E-state index in [4.69, 9.17) is 10.2 Å². The number of esters is 1. The summed E-state index contributed by atoms with van der Waals surface area (Å²) in [6, 6.07) is 1.66. The molecule has 0 unspecified atom stereocenters. The summed E-state index contributed by atoms with van der Waals surface area (Å²) in [4.78, 5) is 15.3. The summed E-state index contributed by atoms with van der Waals surface area (Å²) in [5.74, 6) is 1.56. The van der Waals surface area contributed by atoms with Gasteiger partial charge in [0.25, 0.3) is 0 Å². The number of methoxy groups -OCH3 is 1. The minimum absolute atomic E-state index is 0.267. The molecule has 2 heterocycles. The van der Waals surface area contributed by atoms with Gasteiger partial charge in [0.05, 0.1) is 12.9 Å². The Labute approximate surface area is 107 Å². The first-order valence-electron chi connectivity index (χ1n) is 5.08. The molecule has 0 spiro atoms. The van der Waals surface area contributed by atoms with Crippen LogP contribution < -0.4 is 5.73 Å². The molecule has 3 N–H and O–H groups in total. The van der Waals surface area contributed by atoms with Crippen LogP contribution >= 0.6 is 11.8 Å². The highest BCUT2D eigenvalue weighted by Gasteiger charge is 2.15. The van der Waals surface area contributed by atoms with Gasteiger partial charge in [0.15, 0.2) is 0 Å². The summed E-state index contributed by atoms with van der Waals surface area (Å²) in [7, 11) is 1.33. The highest BCUT2D eigenvalue weighted by atomic mass is 32.2. The predicted octanol–water partition coefficient (Wildman–Crippen LogP) is 1.37. The number of H-pyrrole nitrogens is 1. The third-order valence-electron chi connectivity index (χ3n) is 2.20. The topological polar surface area (TPSA) is 107 Å². The first-order valence-corrected chi connectivity index (χ1v) is 6.07. The van der Waals surface area contributed by atoms with Crippen LogP contribution in [0.25, 0.3) is 0 Å². The number of furan rings is 1. The Morgan fingerprint density at radius 1 is 1.67 bits per heavy atom. The van der Waals surface area contributed by atoms with Crippen LogP contribution in [0.15, 0.2) is 15.6 Å². The lowest BCUT2D eigenvalue weighted by atomic mass is 10.2. The van der Waals surface area contributed by atoms with Crippen molar-refractivity contribution < 1.29 is 13.9 Å². The van der Waals surface area contributed by atoms with Crippen LogP contribution in [0.3, 0.4) is 0 Å². The highest BCUT2D eigenvalue weighted by molar-refractivity contribution is 7.98. The minimum Gasteiger partial charge on any atom is -0.465 e. The van der Waals surface area contributed by atoms with Crippen molar-refractivity contribution in [2.45, 2.75) is 17.8 Å². The summed E-state index contributed by atoms with van der Waals surface area (Å²) in [5, 5.41) is 6.95. The standard InChI is InChI=1S/C10H12N4O3S/c1-5-7(8(15)16-2)3-6(17-5)4-18-10-12-9(11)13-14-10/h3H,4H2,1-2H3,(H3,11,12,13,14). The van der Waals surface area contributed by atoms with Gasteiger partial charge in [-0.3, -0.25) is 0 Å². The summed E-state index contributed by atoms with van der Waals surface area (Å²) in [5.41, 5.74) is 5.84. The Kier molecular flexibility index (Phi) is 3.56. The fourth-order valence-electron chi connectivity index (χ4n) is 1.39. The van der Waals surface area contributed by atoms with Gasteiger partial charge in [-0.25, -0.2) is 9.89 Å². The molecule has 8 heteroatoms. The normalized spacial score (nSPS) is 10.6. The molecule has 0 atom stereocenters. The van der Waals surface area contributed by atoms with E-state index in [-0.39, 0.29) is 5.95 Å². The van der Waals surface area contributed by atoms with Crippen LogP contribution in [-0.4, -0.2) is 28.3 Å². The average molecular weight is 268 g/mol. The number of ether oxygens (including phenoxy) is 1. The molecule has 0 aliphatic heterocycles. The molecule has 0 saturated heterocycles. The number of carbonyl (C=O) groups is 1. The number of nitrogens with two attached hydrogens (primary N) is 1. The number of hydrogen-bond acceptors (Lipinski definition) is 7. The Morgan fingerprint density at radius 3 is 3.06 bits per heavy atom. The molecule has 0 aliphatic rings. The molecule has 2 aromatic rings. The predicted molar refractivity (Wildman–Crippen MR) is 65.1 cm³/mol. The van der Waals surface area contributed by atoms with Crippen LogP contribution in [0.1, 0.15) is 21.9 Å². The highest BCUT2D eigenvalue weighted by Crippen LogP contribution is 2.23. The fourth-order valence-corrected chi connectivity index (χ4v) is 2.07. The van der Waals surface area contributed by atoms with Crippen LogP contribution in [-0.2, 0) is 10.5 Å². The van der Waals surface area contributed by atoms with Gasteiger partial charge in [0.1, 0.15) is 17.1 Å². The number of anilines is 1. The lowest BCUT2D eigenvalue weighted by Gasteiger charge is -1.93. The van der Waals surface area contributed by atoms with E-state index in [9.17, 15) is 4.79 Å². The maximum absolute atomic E-state index is 11.4. The van der Waals surface area contributed by atoms with E-state index < -0.39 is 5.97 Å². The molecule has 0 saturated carbocycles. The van der Waals surface area contributed by atoms with Gasteiger partial charge in [-0.15, -0.1) is 5.10 Å². The zero-order valence-electron chi connectivity index (χ0n) is 9.89. The smallest absolute Gasteiger partial charge is 0.341 e. The second-order valence-electron chi connectivity index (χ2n) is 3.47. The lowest BCUT2D eigenvalue weighted by molar-refractivity contribution is 0.0599. The molecule has 0 aromatic carbocycles. The molecule has 0 aliphatic carbocycles. The zero-order chi connectivity index (χ0) is 13.1. The summed E-state index contributed by atoms with van der Waals surface area (Å²) in [6.07, 6.45) is 0. The second kappa shape index (κ2) is 5.13. The van der Waals surface area contributed by atoms with Gasteiger partial charge < -0.3 is 14.9 Å². The molecular formula is C10H12N4O3S. The minimum atomic E-state index is -0.408. The van der Waals surface area contributed by atoms with E-state index in [1.807, 2.05) is 0 Å². The molecule has 2 rings (SSSR count). The lowest BCUT2D eigenvalue weighted by Crippen LogP contribution is -2.00. The van der Waals surface area contributed by atoms with E-state index in [0.29, 0.717) is 28.0 Å². The molecule has 0 radical (unpaired) electrons. The van der Waals surface area contributed by atoms with Crippen molar-refractivity contribution in [1.82, 2.24) is 15.2 Å². The third kappa shape index (κ3) is 2.65. The monoisotopic (exact) mass is 268 g/mol. The van der Waals surface area contributed by atoms with Gasteiger partial charge >= 0.3 is 5.97 Å². The number of nitrogens with zero attached hydrogens (tertiary/aromatic N) is 2. The average Bonchev–Trinajstić information content (AvgIpc) is 2.92. The molecule has 0 fully saturated rings. The molecule has 18 heavy (non-hydrogen) atoms. The van der Waals surface area contributed by atoms with Crippen LogP contribution in [0, 0.1) is 6.92 Å². The van der Waals surface area contributed by atoms with Crippen molar-refractivity contribution in [3.05, 3.63) is 23.2 Å². The molecule has 96 valence electrons. The maximum atomic E-state index is 11.4. The number of aryl methyl sites for hydroxylation is 1. The van der Waals surface area contributed by atoms with Gasteiger partial charge in [-0.2, -0.15) is 4.98 Å². The largest absolute Gasteiger partial charge is 0.465 e. The van der Waals surface area contributed by atoms with Crippen molar-refractivity contribution in [2.75, 3.05) is 12.8 Å². The van der Waals surface area contributed by atoms with Gasteiger partial charge in [-0.05, 0) is 13.0 Å². The van der Waals surface area contributed by atoms with E-state index >= 15 is 0 Å². The van der Waals surface area contributed by atoms with Crippen molar-refractivity contribution in [3.8, 4) is 0 Å². The molecule has 0 amide bonds. The molecule has 0 bridgehead atoms. The SMILES string of the molecule is COC(=O)c1cc(CSc2n[nH]c(N)n2)oc1C. The fraction of sp³-hybridized carbons (Fsp3) is 0.300. The van der Waals surface area contributed by atoms with Gasteiger partial charge in [0.2, 0.25) is 11.1 Å². The van der Waals surface area contributed by atoms with E-state index in [0.717, 1.165) is 0 Å². The Balaban J connectivity index is 2.04. The number of carbonyl (C=O) groups excluding carboxylic acids is 1. The number of thioether (sulfide) groups is 1. The summed E-state index contributed by atoms with van der Waals surface area (Å²) >= 11 is 1.36. The first-order chi connectivity index (χ1) is 8.60. The van der Waals surface area contributed by atoms with E-state index in [1.165, 1.54) is 18.9 Å². The number of hydrogen-bond donors (Lipinski definition) is 2. The number of nitrogen functional groups attached to an aromatic ring is 1. The van der Waals surface area contributed by atoms with E-state index in [1.54, 1.807) is 13.0 Å². The number of aromatic amines is 1. The van der Waals surface area contributed by atoms with Crippen molar-refractivity contribution in [3.63, 3.8) is 0 Å². The van der Waals surface area contributed by atoms with Gasteiger partial charge in [0, 0.05) is 0 Å². The van der Waals surface area contributed by atoms with Crippen LogP contribution in [0.5, 0.6) is 0 Å². The Hall–Kier alpha value is -1.96. The molecule has 2 aromatic heterocycles. The van der Waals surface area contributed by atoms with Crippen LogP contribution in [0.2, 0.25) is 0 Å². The molecule has 7 nitrogen and oxygen atoms in total. The van der Waals surface area contributed by atoms with E-state index in [2.05, 4.69) is 19.9 Å². The number of rotatable bonds is 4. The zero-order valence-corrected chi connectivity index (χ0v) is 10.7. The first kappa shape index (κ1) is 12.5. The quantitative estimate of drug-likeness (QED) is 0.636. The van der Waals surface area contributed by atoms with Gasteiger partial charge in [-0.1, -0.05) is 11.8 Å². The summed E-state index contributed by atoms with van der Waals surface area (Å²) in [6.45, 7) is 1.71. The number of aromatic nitrogens is 3. The second-order valence-corrected chi connectivity index (χ2v) is 4.41. The van der Waals surface area contributed by atoms with Crippen molar-refractivity contribution >= 4 is 23.7 Å². The molecular weight excluding hydrogens is 256 g/mol. The number of nitrogens with one attached hydrogen (secondary N) is 1. The van der Waals surface area contributed by atoms with Crippen molar-refractivity contribution in [1.29, 1.82) is 0 Å². The Bertz CT molecular complexity index is 563. The Morgan fingerprint density at radius 2 is 2.44 bits per heavy atom. The third-order valence-corrected chi connectivity index (χ3v) is 3.07. The maximum Gasteiger partial charge on any atom is 0.341 e. The summed E-state index contributed by atoms with van der Waals surface area (Å²) < 4.78 is 10.1. The van der Waals surface area contributed by atoms with Crippen molar-refractivity contribution in [2.24, 2.45) is 0 Å². The van der Waals surface area contributed by atoms with Crippen LogP contribution in [0.4, 0.5) is 5.95 Å².